The van der Waals surface area contributed by atoms with Gasteiger partial charge in [-0.2, -0.15) is 4.98 Å². The fourth-order valence-electron chi connectivity index (χ4n) is 0.871. The van der Waals surface area contributed by atoms with Crippen molar-refractivity contribution >= 4 is 12.0 Å². The number of hydrogen-bond acceptors (Lipinski definition) is 5. The Bertz CT molecular complexity index is 337. The maximum atomic E-state index is 11.2. The summed E-state index contributed by atoms with van der Waals surface area (Å²) in [6, 6.07) is 0.196. The van der Waals surface area contributed by atoms with Crippen LogP contribution in [0.15, 0.2) is 0 Å². The fraction of sp³-hybridized carbons (Fsp3) is 0.667. The van der Waals surface area contributed by atoms with E-state index >= 15 is 0 Å². The molecule has 0 aliphatic heterocycles. The second-order valence-electron chi connectivity index (χ2n) is 3.52. The lowest BCUT2D eigenvalue weighted by Gasteiger charge is -2.06. The molecule has 0 saturated heterocycles. The number of aromatic amines is 1. The van der Waals surface area contributed by atoms with E-state index in [4.69, 9.17) is 9.47 Å². The average molecular weight is 228 g/mol. The summed E-state index contributed by atoms with van der Waals surface area (Å²) in [5.74, 6) is 0.497. The van der Waals surface area contributed by atoms with Gasteiger partial charge < -0.3 is 9.47 Å². The second kappa shape index (κ2) is 5.94. The van der Waals surface area contributed by atoms with Crippen molar-refractivity contribution in [2.24, 2.45) is 5.92 Å². The summed E-state index contributed by atoms with van der Waals surface area (Å²) in [5, 5.41) is 8.64. The maximum Gasteiger partial charge on any atom is 0.414 e. The Morgan fingerprint density at radius 3 is 2.94 bits per heavy atom. The molecule has 0 aliphatic rings. The normalized spacial score (nSPS) is 10.2. The largest absolute Gasteiger partial charge is 0.463 e. The van der Waals surface area contributed by atoms with Crippen molar-refractivity contribution in [3.8, 4) is 6.01 Å². The summed E-state index contributed by atoms with van der Waals surface area (Å²) in [7, 11) is 0. The highest BCUT2D eigenvalue weighted by Crippen LogP contribution is 2.05. The van der Waals surface area contributed by atoms with Gasteiger partial charge in [0.15, 0.2) is 0 Å². The molecule has 0 fully saturated rings. The van der Waals surface area contributed by atoms with Gasteiger partial charge in [-0.1, -0.05) is 13.8 Å². The van der Waals surface area contributed by atoms with E-state index < -0.39 is 6.09 Å². The number of aromatic nitrogens is 3. The molecule has 7 heteroatoms. The SMILES string of the molecule is CCOc1n[nH]c(NC(=O)OCC(C)C)n1. The quantitative estimate of drug-likeness (QED) is 0.795. The lowest BCUT2D eigenvalue weighted by atomic mass is 10.2. The van der Waals surface area contributed by atoms with Crippen molar-refractivity contribution in [1.82, 2.24) is 15.2 Å². The van der Waals surface area contributed by atoms with Gasteiger partial charge in [-0.3, -0.25) is 5.32 Å². The zero-order valence-electron chi connectivity index (χ0n) is 9.61. The summed E-state index contributed by atoms with van der Waals surface area (Å²) in [5.41, 5.74) is 0. The molecule has 2 N–H and O–H groups in total. The molecule has 0 saturated carbocycles. The average Bonchev–Trinajstić information content (AvgIpc) is 2.63. The number of hydrogen-bond donors (Lipinski definition) is 2. The predicted molar refractivity (Wildman–Crippen MR) is 57.4 cm³/mol. The summed E-state index contributed by atoms with van der Waals surface area (Å²) in [6.07, 6.45) is -0.562. The number of anilines is 1. The molecular weight excluding hydrogens is 212 g/mol. The number of nitrogens with zero attached hydrogens (tertiary/aromatic N) is 2. The zero-order valence-corrected chi connectivity index (χ0v) is 9.61. The standard InChI is InChI=1S/C9H16N4O3/c1-4-15-8-10-7(12-13-8)11-9(14)16-5-6(2)3/h6H,4-5H2,1-3H3,(H2,10,11,12,13,14). The maximum absolute atomic E-state index is 11.2. The van der Waals surface area contributed by atoms with E-state index in [1.165, 1.54) is 0 Å². The molecule has 0 spiro atoms. The lowest BCUT2D eigenvalue weighted by molar-refractivity contribution is 0.147. The number of carbonyl (C=O) groups excluding carboxylic acids is 1. The minimum atomic E-state index is -0.562. The molecule has 0 atom stereocenters. The van der Waals surface area contributed by atoms with Crippen LogP contribution in [0.5, 0.6) is 6.01 Å². The molecule has 0 aliphatic carbocycles. The number of rotatable bonds is 5. The van der Waals surface area contributed by atoms with Crippen molar-refractivity contribution in [2.75, 3.05) is 18.5 Å². The summed E-state index contributed by atoms with van der Waals surface area (Å²) in [6.45, 7) is 6.55. The summed E-state index contributed by atoms with van der Waals surface area (Å²) in [4.78, 5) is 15.1. The molecule has 90 valence electrons. The molecule has 0 bridgehead atoms. The van der Waals surface area contributed by atoms with Crippen LogP contribution in [0.2, 0.25) is 0 Å². The Labute approximate surface area is 93.5 Å². The molecule has 1 aromatic rings. The molecule has 16 heavy (non-hydrogen) atoms. The predicted octanol–water partition coefficient (Wildman–Crippen LogP) is 1.41. The molecule has 0 unspecified atom stereocenters. The first-order valence-electron chi connectivity index (χ1n) is 5.10. The van der Waals surface area contributed by atoms with Crippen LogP contribution < -0.4 is 10.1 Å². The Morgan fingerprint density at radius 1 is 1.56 bits per heavy atom. The smallest absolute Gasteiger partial charge is 0.414 e. The van der Waals surface area contributed by atoms with Crippen LogP contribution >= 0.6 is 0 Å². The van der Waals surface area contributed by atoms with Crippen molar-refractivity contribution < 1.29 is 14.3 Å². The number of amides is 1. The van der Waals surface area contributed by atoms with E-state index in [-0.39, 0.29) is 12.0 Å². The third-order valence-electron chi connectivity index (χ3n) is 1.51. The van der Waals surface area contributed by atoms with Crippen LogP contribution in [0.25, 0.3) is 0 Å². The van der Waals surface area contributed by atoms with Gasteiger partial charge in [0.2, 0.25) is 5.95 Å². The first-order chi connectivity index (χ1) is 7.61. The first-order valence-corrected chi connectivity index (χ1v) is 5.10. The van der Waals surface area contributed by atoms with E-state index in [2.05, 4.69) is 20.5 Å². The molecule has 7 nitrogen and oxygen atoms in total. The van der Waals surface area contributed by atoms with Gasteiger partial charge in [0.05, 0.1) is 13.2 Å². The third kappa shape index (κ3) is 4.16. The molecule has 1 rings (SSSR count). The number of carbonyl (C=O) groups is 1. The van der Waals surface area contributed by atoms with Gasteiger partial charge >= 0.3 is 12.1 Å². The lowest BCUT2D eigenvalue weighted by Crippen LogP contribution is -2.17. The number of ether oxygens (including phenoxy) is 2. The highest BCUT2D eigenvalue weighted by molar-refractivity contribution is 5.82. The second-order valence-corrected chi connectivity index (χ2v) is 3.52. The van der Waals surface area contributed by atoms with Crippen LogP contribution in [0.4, 0.5) is 10.7 Å². The van der Waals surface area contributed by atoms with E-state index in [0.717, 1.165) is 0 Å². The first kappa shape index (κ1) is 12.3. The number of nitrogens with one attached hydrogen (secondary N) is 2. The van der Waals surface area contributed by atoms with Crippen LogP contribution in [-0.2, 0) is 4.74 Å². The van der Waals surface area contributed by atoms with Gasteiger partial charge in [-0.25, -0.2) is 9.89 Å². The zero-order chi connectivity index (χ0) is 12.0. The van der Waals surface area contributed by atoms with Crippen LogP contribution in [-0.4, -0.2) is 34.5 Å². The fourth-order valence-corrected chi connectivity index (χ4v) is 0.871. The van der Waals surface area contributed by atoms with E-state index in [1.807, 2.05) is 20.8 Å². The van der Waals surface area contributed by atoms with E-state index in [1.54, 1.807) is 0 Å². The minimum absolute atomic E-state index is 0.196. The van der Waals surface area contributed by atoms with E-state index in [9.17, 15) is 4.79 Å². The van der Waals surface area contributed by atoms with E-state index in [0.29, 0.717) is 19.1 Å². The van der Waals surface area contributed by atoms with Gasteiger partial charge in [-0.05, 0) is 12.8 Å². The van der Waals surface area contributed by atoms with Gasteiger partial charge in [-0.15, -0.1) is 5.10 Å². The molecule has 1 amide bonds. The van der Waals surface area contributed by atoms with Crippen molar-refractivity contribution in [3.05, 3.63) is 0 Å². The summed E-state index contributed by atoms with van der Waals surface area (Å²) >= 11 is 0. The van der Waals surface area contributed by atoms with Crippen LogP contribution in [0, 0.1) is 5.92 Å². The highest BCUT2D eigenvalue weighted by atomic mass is 16.5. The highest BCUT2D eigenvalue weighted by Gasteiger charge is 2.08. The molecule has 0 radical (unpaired) electrons. The molecule has 1 aromatic heterocycles. The van der Waals surface area contributed by atoms with Crippen LogP contribution in [0.3, 0.4) is 0 Å². The van der Waals surface area contributed by atoms with Crippen LogP contribution in [0.1, 0.15) is 20.8 Å². The molecule has 0 aromatic carbocycles. The monoisotopic (exact) mass is 228 g/mol. The minimum Gasteiger partial charge on any atom is -0.463 e. The van der Waals surface area contributed by atoms with Gasteiger partial charge in [0.1, 0.15) is 0 Å². The Balaban J connectivity index is 2.37. The molecular formula is C9H16N4O3. The molecule has 1 heterocycles. The Hall–Kier alpha value is -1.79. The van der Waals surface area contributed by atoms with Crippen molar-refractivity contribution in [3.63, 3.8) is 0 Å². The van der Waals surface area contributed by atoms with Crippen molar-refractivity contribution in [1.29, 1.82) is 0 Å². The van der Waals surface area contributed by atoms with Gasteiger partial charge in [0, 0.05) is 0 Å². The topological polar surface area (TPSA) is 89.1 Å². The Morgan fingerprint density at radius 2 is 2.31 bits per heavy atom. The Kier molecular flexibility index (Phi) is 4.56. The van der Waals surface area contributed by atoms with Gasteiger partial charge in [0.25, 0.3) is 0 Å². The third-order valence-corrected chi connectivity index (χ3v) is 1.51. The van der Waals surface area contributed by atoms with Crippen molar-refractivity contribution in [2.45, 2.75) is 20.8 Å². The summed E-state index contributed by atoms with van der Waals surface area (Å²) < 4.78 is 9.92. The number of H-pyrrole nitrogens is 1.